The van der Waals surface area contributed by atoms with Gasteiger partial charge in [-0.1, -0.05) is 182 Å². The fourth-order valence-corrected chi connectivity index (χ4v) is 7.46. The van der Waals surface area contributed by atoms with Crippen LogP contribution >= 0.6 is 0 Å². The Morgan fingerprint density at radius 1 is 0.245 bits per heavy atom. The molecule has 0 aliphatic rings. The third-order valence-electron chi connectivity index (χ3n) is 10.0. The van der Waals surface area contributed by atoms with E-state index in [9.17, 15) is 0 Å². The maximum absolute atomic E-state index is 2.44. The van der Waals surface area contributed by atoms with E-state index < -0.39 is 0 Å². The molecule has 0 heterocycles. The molecule has 0 saturated heterocycles. The molecule has 0 radical (unpaired) electrons. The van der Waals surface area contributed by atoms with Crippen LogP contribution in [0.2, 0.25) is 0 Å². The highest BCUT2D eigenvalue weighted by Crippen LogP contribution is 2.45. The predicted octanol–water partition coefficient (Wildman–Crippen LogP) is 14.6. The fraction of sp³-hybridized carbons (Fsp3) is 0. The second kappa shape index (κ2) is 14.3. The number of anilines is 3. The van der Waals surface area contributed by atoms with Crippen molar-refractivity contribution >= 4 is 27.8 Å². The summed E-state index contributed by atoms with van der Waals surface area (Å²) in [4.78, 5) is 2.44. The van der Waals surface area contributed by atoms with E-state index in [1.807, 2.05) is 0 Å². The highest BCUT2D eigenvalue weighted by molar-refractivity contribution is 5.98. The van der Waals surface area contributed by atoms with Gasteiger partial charge in [-0.2, -0.15) is 0 Å². The van der Waals surface area contributed by atoms with Gasteiger partial charge in [0.25, 0.3) is 0 Å². The number of nitrogens with zero attached hydrogens (tertiary/aromatic N) is 1. The summed E-state index contributed by atoms with van der Waals surface area (Å²) < 4.78 is 0. The average Bonchev–Trinajstić information content (AvgIpc) is 3.25. The van der Waals surface area contributed by atoms with Crippen LogP contribution in [0.3, 0.4) is 0 Å². The van der Waals surface area contributed by atoms with Crippen molar-refractivity contribution < 1.29 is 0 Å². The largest absolute Gasteiger partial charge is 0.310 e. The van der Waals surface area contributed by atoms with Gasteiger partial charge in [-0.3, -0.25) is 0 Å². The molecule has 53 heavy (non-hydrogen) atoms. The third kappa shape index (κ3) is 6.53. The van der Waals surface area contributed by atoms with E-state index in [2.05, 4.69) is 229 Å². The van der Waals surface area contributed by atoms with Crippen LogP contribution in [0, 0.1) is 0 Å². The Labute approximate surface area is 311 Å². The van der Waals surface area contributed by atoms with Crippen LogP contribution < -0.4 is 4.90 Å². The molecule has 250 valence electrons. The van der Waals surface area contributed by atoms with Gasteiger partial charge in [0.15, 0.2) is 0 Å². The van der Waals surface area contributed by atoms with Gasteiger partial charge in [-0.25, -0.2) is 0 Å². The molecule has 9 aromatic rings. The minimum absolute atomic E-state index is 1.09. The molecular formula is C52H37N. The summed E-state index contributed by atoms with van der Waals surface area (Å²) in [6, 6.07) is 81.0. The Morgan fingerprint density at radius 3 is 1.38 bits per heavy atom. The Hall–Kier alpha value is -6.96. The summed E-state index contributed by atoms with van der Waals surface area (Å²) in [5, 5.41) is 2.50. The van der Waals surface area contributed by atoms with Crippen molar-refractivity contribution in [2.75, 3.05) is 4.90 Å². The molecule has 0 aliphatic heterocycles. The van der Waals surface area contributed by atoms with E-state index in [0.29, 0.717) is 0 Å². The number of rotatable bonds is 8. The predicted molar refractivity (Wildman–Crippen MR) is 226 cm³/mol. The van der Waals surface area contributed by atoms with E-state index in [0.717, 1.165) is 28.2 Å². The lowest BCUT2D eigenvalue weighted by Gasteiger charge is -2.29. The average molecular weight is 676 g/mol. The van der Waals surface area contributed by atoms with Crippen LogP contribution in [-0.4, -0.2) is 0 Å². The maximum Gasteiger partial charge on any atom is 0.0540 e. The van der Waals surface area contributed by atoms with Crippen molar-refractivity contribution in [1.82, 2.24) is 0 Å². The Balaban J connectivity index is 1.27. The van der Waals surface area contributed by atoms with Gasteiger partial charge >= 0.3 is 0 Å². The van der Waals surface area contributed by atoms with Crippen molar-refractivity contribution in [3.8, 4) is 55.6 Å². The zero-order chi connectivity index (χ0) is 35.4. The minimum atomic E-state index is 1.09. The molecule has 9 rings (SSSR count). The monoisotopic (exact) mass is 675 g/mol. The zero-order valence-electron chi connectivity index (χ0n) is 29.3. The molecule has 0 N–H and O–H groups in total. The van der Waals surface area contributed by atoms with E-state index in [-0.39, 0.29) is 0 Å². The molecule has 0 aliphatic carbocycles. The second-order valence-corrected chi connectivity index (χ2v) is 13.4. The molecular weight excluding hydrogens is 639 g/mol. The molecule has 0 aromatic heterocycles. The fourth-order valence-electron chi connectivity index (χ4n) is 7.46. The van der Waals surface area contributed by atoms with Gasteiger partial charge in [-0.15, -0.1) is 0 Å². The zero-order valence-corrected chi connectivity index (χ0v) is 29.3. The Kier molecular flexibility index (Phi) is 8.66. The lowest BCUT2D eigenvalue weighted by Crippen LogP contribution is -2.12. The standard InChI is InChI=1S/C52H37N/c1-4-17-38(18-5-1)42-25-15-28-47(35-42)53(48-36-45(39-19-6-2-7-20-39)34-46(37-48)40-21-8-3-9-22-40)52-32-13-12-30-51(52)44-27-14-26-43(33-44)50-31-16-24-41-23-10-11-29-49(41)50/h1-37H. The molecule has 1 heteroatoms. The van der Waals surface area contributed by atoms with E-state index in [1.165, 1.54) is 55.3 Å². The topological polar surface area (TPSA) is 3.24 Å². The molecule has 0 fully saturated rings. The van der Waals surface area contributed by atoms with Gasteiger partial charge in [0, 0.05) is 16.9 Å². The SMILES string of the molecule is c1ccc(-c2cccc(N(c3cc(-c4ccccc4)cc(-c4ccccc4)c3)c3ccccc3-c3cccc(-c4cccc5ccccc45)c3)c2)cc1. The van der Waals surface area contributed by atoms with Gasteiger partial charge in [-0.05, 0) is 103 Å². The maximum atomic E-state index is 2.44. The van der Waals surface area contributed by atoms with Crippen LogP contribution in [0.15, 0.2) is 224 Å². The van der Waals surface area contributed by atoms with E-state index in [4.69, 9.17) is 0 Å². The smallest absolute Gasteiger partial charge is 0.0540 e. The lowest BCUT2D eigenvalue weighted by atomic mass is 9.94. The summed E-state index contributed by atoms with van der Waals surface area (Å²) in [5.41, 5.74) is 15.1. The first kappa shape index (κ1) is 32.0. The number of hydrogen-bond donors (Lipinski definition) is 0. The lowest BCUT2D eigenvalue weighted by molar-refractivity contribution is 1.28. The Bertz CT molecular complexity index is 2600. The molecule has 9 aromatic carbocycles. The first-order valence-electron chi connectivity index (χ1n) is 18.2. The summed E-state index contributed by atoms with van der Waals surface area (Å²) in [6.07, 6.45) is 0. The normalized spacial score (nSPS) is 11.0. The summed E-state index contributed by atoms with van der Waals surface area (Å²) >= 11 is 0. The first-order chi connectivity index (χ1) is 26.3. The van der Waals surface area contributed by atoms with Gasteiger partial charge in [0.05, 0.1) is 5.69 Å². The van der Waals surface area contributed by atoms with Crippen molar-refractivity contribution in [3.05, 3.63) is 224 Å². The summed E-state index contributed by atoms with van der Waals surface area (Å²) in [6.45, 7) is 0. The summed E-state index contributed by atoms with van der Waals surface area (Å²) in [7, 11) is 0. The molecule has 0 unspecified atom stereocenters. The molecule has 0 spiro atoms. The number of hydrogen-bond acceptors (Lipinski definition) is 1. The molecule has 1 nitrogen and oxygen atoms in total. The quantitative estimate of drug-likeness (QED) is 0.155. The third-order valence-corrected chi connectivity index (χ3v) is 10.0. The summed E-state index contributed by atoms with van der Waals surface area (Å²) in [5.74, 6) is 0. The number of fused-ring (bicyclic) bond motifs is 1. The molecule has 0 atom stereocenters. The highest BCUT2D eigenvalue weighted by atomic mass is 15.1. The van der Waals surface area contributed by atoms with Crippen LogP contribution in [0.1, 0.15) is 0 Å². The second-order valence-electron chi connectivity index (χ2n) is 13.4. The van der Waals surface area contributed by atoms with Crippen molar-refractivity contribution in [1.29, 1.82) is 0 Å². The number of para-hydroxylation sites is 1. The van der Waals surface area contributed by atoms with Crippen LogP contribution in [0.25, 0.3) is 66.4 Å². The molecule has 0 bridgehead atoms. The molecule has 0 saturated carbocycles. The van der Waals surface area contributed by atoms with Crippen molar-refractivity contribution in [2.45, 2.75) is 0 Å². The minimum Gasteiger partial charge on any atom is -0.310 e. The first-order valence-corrected chi connectivity index (χ1v) is 18.2. The van der Waals surface area contributed by atoms with Crippen LogP contribution in [-0.2, 0) is 0 Å². The van der Waals surface area contributed by atoms with Gasteiger partial charge in [0.1, 0.15) is 0 Å². The van der Waals surface area contributed by atoms with Gasteiger partial charge in [0.2, 0.25) is 0 Å². The van der Waals surface area contributed by atoms with Crippen LogP contribution in [0.5, 0.6) is 0 Å². The van der Waals surface area contributed by atoms with E-state index in [1.54, 1.807) is 0 Å². The van der Waals surface area contributed by atoms with Crippen molar-refractivity contribution in [2.24, 2.45) is 0 Å². The molecule has 0 amide bonds. The van der Waals surface area contributed by atoms with Crippen LogP contribution in [0.4, 0.5) is 17.1 Å². The van der Waals surface area contributed by atoms with Gasteiger partial charge < -0.3 is 4.90 Å². The van der Waals surface area contributed by atoms with Crippen molar-refractivity contribution in [3.63, 3.8) is 0 Å². The highest BCUT2D eigenvalue weighted by Gasteiger charge is 2.20. The number of benzene rings is 9. The Morgan fingerprint density at radius 2 is 0.679 bits per heavy atom. The van der Waals surface area contributed by atoms with E-state index >= 15 is 0 Å².